The van der Waals surface area contributed by atoms with Crippen molar-refractivity contribution in [2.45, 2.75) is 61.0 Å². The van der Waals surface area contributed by atoms with Crippen LogP contribution in [0.15, 0.2) is 39.7 Å². The molecule has 5 rings (SSSR count). The molecule has 0 bridgehead atoms. The fourth-order valence-corrected chi connectivity index (χ4v) is 5.43. The third kappa shape index (κ3) is 4.69. The molecule has 0 aliphatic carbocycles. The summed E-state index contributed by atoms with van der Waals surface area (Å²) in [6.45, 7) is -1.70. The predicted octanol–water partition coefficient (Wildman–Crippen LogP) is -2.39. The first-order valence-electron chi connectivity index (χ1n) is 12.9. The second-order valence-electron chi connectivity index (χ2n) is 10.3. The van der Waals surface area contributed by atoms with Crippen molar-refractivity contribution in [1.82, 2.24) is 0 Å². The molecule has 42 heavy (non-hydrogen) atoms. The first kappa shape index (κ1) is 30.1. The lowest BCUT2D eigenvalue weighted by Gasteiger charge is -2.42. The highest BCUT2D eigenvalue weighted by atomic mass is 16.6. The summed E-state index contributed by atoms with van der Waals surface area (Å²) in [7, 11) is 0. The Kier molecular flexibility index (Phi) is 8.16. The number of benzene rings is 2. The van der Waals surface area contributed by atoms with E-state index in [1.54, 1.807) is 0 Å². The minimum absolute atomic E-state index is 0.105. The zero-order valence-electron chi connectivity index (χ0n) is 21.6. The average molecular weight is 595 g/mol. The van der Waals surface area contributed by atoms with E-state index in [2.05, 4.69) is 0 Å². The number of phenolic OH excluding ortho intramolecular Hbond substituents is 3. The second kappa shape index (κ2) is 11.4. The van der Waals surface area contributed by atoms with Gasteiger partial charge in [0.2, 0.25) is 5.43 Å². The molecular weight excluding hydrogens is 564 g/mol. The van der Waals surface area contributed by atoms with Gasteiger partial charge in [-0.2, -0.15) is 0 Å². The van der Waals surface area contributed by atoms with E-state index in [0.29, 0.717) is 0 Å². The first-order chi connectivity index (χ1) is 19.9. The quantitative estimate of drug-likeness (QED) is 0.147. The number of aliphatic hydroxyl groups is 8. The maximum atomic E-state index is 13.8. The first-order valence-corrected chi connectivity index (χ1v) is 12.9. The van der Waals surface area contributed by atoms with Crippen molar-refractivity contribution >= 4 is 11.0 Å². The van der Waals surface area contributed by atoms with Gasteiger partial charge in [-0.05, 0) is 17.7 Å². The van der Waals surface area contributed by atoms with Crippen molar-refractivity contribution in [3.63, 3.8) is 0 Å². The van der Waals surface area contributed by atoms with Crippen molar-refractivity contribution in [2.24, 2.45) is 0 Å². The Morgan fingerprint density at radius 3 is 1.64 bits per heavy atom. The summed E-state index contributed by atoms with van der Waals surface area (Å²) in [5, 5.41) is 114. The van der Waals surface area contributed by atoms with Gasteiger partial charge >= 0.3 is 0 Å². The minimum atomic E-state index is -2.04. The SMILES string of the molecule is O=c1c(-c2ccc(O)cc2)coc2c([C@@H]3O[C@H](CO)[C@H](O)[C@H](O)[C@@H]3O)c(O)c([C@@H]3O[C@H](CO)[C@H](O)[C@@H](O)[C@H]3O)c(O)c12. The number of phenols is 3. The number of ether oxygens (including phenoxy) is 2. The van der Waals surface area contributed by atoms with Crippen LogP contribution in [-0.2, 0) is 9.47 Å². The highest BCUT2D eigenvalue weighted by molar-refractivity contribution is 5.93. The molecule has 11 N–H and O–H groups in total. The molecule has 15 nitrogen and oxygen atoms in total. The van der Waals surface area contributed by atoms with Gasteiger partial charge in [0.1, 0.15) is 89.9 Å². The predicted molar refractivity (Wildman–Crippen MR) is 138 cm³/mol. The molecule has 2 saturated heterocycles. The maximum Gasteiger partial charge on any atom is 0.204 e. The van der Waals surface area contributed by atoms with E-state index in [0.717, 1.165) is 6.26 Å². The lowest BCUT2D eigenvalue weighted by Crippen LogP contribution is -2.55. The normalized spacial score (nSPS) is 33.6. The number of hydrogen-bond donors (Lipinski definition) is 11. The largest absolute Gasteiger partial charge is 0.508 e. The molecule has 0 radical (unpaired) electrons. The van der Waals surface area contributed by atoms with Gasteiger partial charge in [0.05, 0.1) is 29.9 Å². The lowest BCUT2D eigenvalue weighted by atomic mass is 9.85. The summed E-state index contributed by atoms with van der Waals surface area (Å²) in [6.07, 6.45) is -17.2. The molecule has 3 heterocycles. The zero-order chi connectivity index (χ0) is 30.6. The summed E-state index contributed by atoms with van der Waals surface area (Å²) < 4.78 is 16.8. The lowest BCUT2D eigenvalue weighted by molar-refractivity contribution is -0.234. The van der Waals surface area contributed by atoms with E-state index >= 15 is 0 Å². The van der Waals surface area contributed by atoms with Gasteiger partial charge < -0.3 is 70.1 Å². The topological polar surface area (TPSA) is 271 Å². The maximum absolute atomic E-state index is 13.8. The van der Waals surface area contributed by atoms with Gasteiger partial charge in [0.15, 0.2) is 5.58 Å². The van der Waals surface area contributed by atoms with Crippen LogP contribution in [0, 0.1) is 0 Å². The standard InChI is InChI=1S/C27H30O15/c28-5-11-17(32)21(36)23(38)26(41-11)14-19(34)13-16(31)10(8-1-3-9(30)4-2-8)7-40-25(13)15(20(14)35)27-24(39)22(37)18(33)12(6-29)42-27/h1-4,7,11-12,17-18,21-24,26-30,32-39H,5-6H2/t11-,12-,17+,18+,21-,22+,23-,24+,26+,27+/m1/s1. The summed E-state index contributed by atoms with van der Waals surface area (Å²) in [5.74, 6) is -2.09. The number of aromatic hydroxyl groups is 3. The van der Waals surface area contributed by atoms with Crippen LogP contribution >= 0.6 is 0 Å². The third-order valence-electron chi connectivity index (χ3n) is 7.77. The molecule has 0 saturated carbocycles. The van der Waals surface area contributed by atoms with Crippen LogP contribution < -0.4 is 5.43 Å². The molecule has 228 valence electrons. The highest BCUT2D eigenvalue weighted by Crippen LogP contribution is 2.50. The minimum Gasteiger partial charge on any atom is -0.508 e. The van der Waals surface area contributed by atoms with E-state index in [1.807, 2.05) is 0 Å². The Balaban J connectivity index is 1.82. The molecular formula is C27H30O15. The Labute approximate surface area is 235 Å². The average Bonchev–Trinajstić information content (AvgIpc) is 2.97. The van der Waals surface area contributed by atoms with Gasteiger partial charge in [-0.25, -0.2) is 0 Å². The molecule has 2 aliphatic heterocycles. The van der Waals surface area contributed by atoms with E-state index in [9.17, 15) is 61.0 Å². The Hall–Kier alpha value is -3.35. The number of fused-ring (bicyclic) bond motifs is 1. The number of rotatable bonds is 5. The molecule has 0 spiro atoms. The van der Waals surface area contributed by atoms with Crippen molar-refractivity contribution in [1.29, 1.82) is 0 Å². The molecule has 2 aliphatic rings. The molecule has 2 fully saturated rings. The molecule has 0 unspecified atom stereocenters. The molecule has 1 aromatic heterocycles. The van der Waals surface area contributed by atoms with E-state index in [4.69, 9.17) is 13.9 Å². The smallest absolute Gasteiger partial charge is 0.204 e. The zero-order valence-corrected chi connectivity index (χ0v) is 21.6. The van der Waals surface area contributed by atoms with Crippen LogP contribution in [0.2, 0.25) is 0 Å². The van der Waals surface area contributed by atoms with Crippen LogP contribution in [0.5, 0.6) is 17.2 Å². The van der Waals surface area contributed by atoms with E-state index in [1.165, 1.54) is 24.3 Å². The van der Waals surface area contributed by atoms with Crippen LogP contribution in [0.4, 0.5) is 0 Å². The third-order valence-corrected chi connectivity index (χ3v) is 7.77. The Bertz CT molecular complexity index is 1500. The number of hydrogen-bond acceptors (Lipinski definition) is 15. The monoisotopic (exact) mass is 594 g/mol. The van der Waals surface area contributed by atoms with Crippen molar-refractivity contribution in [3.05, 3.63) is 51.9 Å². The fraction of sp³-hybridized carbons (Fsp3) is 0.444. The number of aliphatic hydroxyl groups excluding tert-OH is 8. The fourth-order valence-electron chi connectivity index (χ4n) is 5.43. The van der Waals surface area contributed by atoms with Gasteiger partial charge in [-0.1, -0.05) is 12.1 Å². The van der Waals surface area contributed by atoms with Crippen LogP contribution in [0.1, 0.15) is 23.3 Å². The van der Waals surface area contributed by atoms with E-state index < -0.39 is 113 Å². The van der Waals surface area contributed by atoms with Crippen molar-refractivity contribution < 1.29 is 70.1 Å². The van der Waals surface area contributed by atoms with Crippen molar-refractivity contribution in [3.8, 4) is 28.4 Å². The summed E-state index contributed by atoms with van der Waals surface area (Å²) in [6, 6.07) is 5.33. The van der Waals surface area contributed by atoms with E-state index in [-0.39, 0.29) is 16.9 Å². The van der Waals surface area contributed by atoms with Gasteiger partial charge in [-0.15, -0.1) is 0 Å². The second-order valence-corrected chi connectivity index (χ2v) is 10.3. The van der Waals surface area contributed by atoms with Gasteiger partial charge in [-0.3, -0.25) is 4.79 Å². The van der Waals surface area contributed by atoms with Crippen molar-refractivity contribution in [2.75, 3.05) is 13.2 Å². The molecule has 3 aromatic rings. The summed E-state index contributed by atoms with van der Waals surface area (Å²) in [5.41, 5.74) is -2.63. The van der Waals surface area contributed by atoms with Gasteiger partial charge in [0.25, 0.3) is 0 Å². The van der Waals surface area contributed by atoms with Crippen LogP contribution in [0.3, 0.4) is 0 Å². The molecule has 15 heteroatoms. The van der Waals surface area contributed by atoms with Crippen LogP contribution in [-0.4, -0.2) is 118 Å². The molecule has 10 atom stereocenters. The highest BCUT2D eigenvalue weighted by Gasteiger charge is 2.50. The molecule has 2 aromatic carbocycles. The summed E-state index contributed by atoms with van der Waals surface area (Å²) in [4.78, 5) is 13.8. The van der Waals surface area contributed by atoms with Gasteiger partial charge in [0, 0.05) is 0 Å². The Morgan fingerprint density at radius 1 is 0.643 bits per heavy atom. The summed E-state index contributed by atoms with van der Waals surface area (Å²) >= 11 is 0. The van der Waals surface area contributed by atoms with Crippen LogP contribution in [0.25, 0.3) is 22.1 Å². The Morgan fingerprint density at radius 2 is 1.14 bits per heavy atom. The molecule has 0 amide bonds.